The second-order valence-corrected chi connectivity index (χ2v) is 4.18. The first-order valence-corrected chi connectivity index (χ1v) is 6.62. The third-order valence-corrected chi connectivity index (χ3v) is 2.40. The molecule has 4 N–H and O–H groups in total. The van der Waals surface area contributed by atoms with Gasteiger partial charge in [0.25, 0.3) is 0 Å². The van der Waals surface area contributed by atoms with Gasteiger partial charge in [0.05, 0.1) is 5.30 Å². The van der Waals surface area contributed by atoms with Gasteiger partial charge in [0, 0.05) is 18.2 Å². The van der Waals surface area contributed by atoms with Crippen molar-refractivity contribution in [2.75, 3.05) is 0 Å². The van der Waals surface area contributed by atoms with Gasteiger partial charge in [-0.15, -0.1) is 8.19 Å². The van der Waals surface area contributed by atoms with E-state index < -0.39 is 23.9 Å². The van der Waals surface area contributed by atoms with E-state index in [9.17, 15) is 19.2 Å². The summed E-state index contributed by atoms with van der Waals surface area (Å²) in [6, 6.07) is 3.39. The Morgan fingerprint density at radius 2 is 1.13 bits per heavy atom. The van der Waals surface area contributed by atoms with Crippen LogP contribution in [-0.2, 0) is 14.4 Å². The van der Waals surface area contributed by atoms with Gasteiger partial charge in [0.2, 0.25) is 0 Å². The largest absolute Gasteiger partial charge is 0.478 e. The van der Waals surface area contributed by atoms with Crippen molar-refractivity contribution in [3.8, 4) is 0 Å². The van der Waals surface area contributed by atoms with E-state index in [0.29, 0.717) is 13.5 Å². The van der Waals surface area contributed by atoms with Gasteiger partial charge in [-0.25, -0.2) is 19.2 Å². The van der Waals surface area contributed by atoms with E-state index in [4.69, 9.17) is 20.4 Å². The molecule has 1 aromatic rings. The van der Waals surface area contributed by atoms with Crippen LogP contribution in [0.1, 0.15) is 10.1 Å². The van der Waals surface area contributed by atoms with Crippen LogP contribution in [0.5, 0.6) is 0 Å². The summed E-state index contributed by atoms with van der Waals surface area (Å²) in [4.78, 5) is 37.9. The molecule has 9 heteroatoms. The number of carbonyl (C=O) groups is 4. The lowest BCUT2D eigenvalue weighted by atomic mass is 10.5. The zero-order valence-electron chi connectivity index (χ0n) is 12.0. The van der Waals surface area contributed by atoms with Crippen molar-refractivity contribution in [3.05, 3.63) is 61.2 Å². The first-order valence-electron chi connectivity index (χ1n) is 5.55. The minimum Gasteiger partial charge on any atom is -0.478 e. The summed E-state index contributed by atoms with van der Waals surface area (Å²) in [6.45, 7) is 8.88. The van der Waals surface area contributed by atoms with Crippen molar-refractivity contribution in [2.45, 2.75) is 0 Å². The molecule has 0 saturated heterocycles. The fourth-order valence-corrected chi connectivity index (χ4v) is 1.15. The number of rotatable bonds is 4. The van der Waals surface area contributed by atoms with Crippen LogP contribution in [0.2, 0.25) is 0 Å². The molecular formula is C14H17O8P. The second kappa shape index (κ2) is 16.9. The normalized spacial score (nSPS) is 7.65. The predicted octanol–water partition coefficient (Wildman–Crippen LogP) is 2.19. The molecule has 23 heavy (non-hydrogen) atoms. The van der Waals surface area contributed by atoms with Crippen LogP contribution in [0.3, 0.4) is 0 Å². The van der Waals surface area contributed by atoms with Gasteiger partial charge < -0.3 is 20.4 Å². The Balaban J connectivity index is -0.000000240. The molecule has 8 nitrogen and oxygen atoms in total. The van der Waals surface area contributed by atoms with Crippen LogP contribution in [0.15, 0.2) is 55.9 Å². The molecule has 0 aliphatic rings. The molecule has 0 radical (unpaired) electrons. The highest BCUT2D eigenvalue weighted by molar-refractivity contribution is 7.31. The van der Waals surface area contributed by atoms with Gasteiger partial charge in [-0.1, -0.05) is 25.8 Å². The number of aliphatic carboxylic acids is 3. The molecule has 0 spiro atoms. The molecule has 0 fully saturated rings. The summed E-state index contributed by atoms with van der Waals surface area (Å²) in [7, 11) is 0.361. The lowest BCUT2D eigenvalue weighted by Crippen LogP contribution is -1.88. The molecule has 0 saturated carbocycles. The highest BCUT2D eigenvalue weighted by Crippen LogP contribution is 2.13. The Labute approximate surface area is 133 Å². The van der Waals surface area contributed by atoms with Gasteiger partial charge in [-0.05, 0) is 11.9 Å². The van der Waals surface area contributed by atoms with Crippen molar-refractivity contribution >= 4 is 32.1 Å². The molecule has 1 unspecified atom stereocenters. The molecule has 0 bridgehead atoms. The molecule has 1 atom stereocenters. The minimum atomic E-state index is -0.981. The topological polar surface area (TPSA) is 149 Å². The maximum absolute atomic E-state index is 10.1. The van der Waals surface area contributed by atoms with Crippen molar-refractivity contribution in [1.29, 1.82) is 0 Å². The highest BCUT2D eigenvalue weighted by atomic mass is 31.0. The monoisotopic (exact) mass is 344 g/mol. The van der Waals surface area contributed by atoms with E-state index in [2.05, 4.69) is 19.7 Å². The van der Waals surface area contributed by atoms with Crippen molar-refractivity contribution < 1.29 is 39.6 Å². The number of carboxylic acids is 4. The molecular weight excluding hydrogens is 327 g/mol. The number of aromatic carboxylic acids is 1. The van der Waals surface area contributed by atoms with Gasteiger partial charge in [0.15, 0.2) is 0 Å². The van der Waals surface area contributed by atoms with Gasteiger partial charge in [0.1, 0.15) is 0 Å². The van der Waals surface area contributed by atoms with Crippen LogP contribution in [0.4, 0.5) is 0 Å². The van der Waals surface area contributed by atoms with Crippen LogP contribution in [0.25, 0.3) is 0 Å². The Hall–Kier alpha value is -3.12. The maximum Gasteiger partial charge on any atom is 0.339 e. The highest BCUT2D eigenvalue weighted by Gasteiger charge is 1.97. The lowest BCUT2D eigenvalue weighted by molar-refractivity contribution is -0.132. The summed E-state index contributed by atoms with van der Waals surface area (Å²) in [5, 5.41) is 31.6. The lowest BCUT2D eigenvalue weighted by Gasteiger charge is -1.79. The van der Waals surface area contributed by atoms with Gasteiger partial charge in [-0.2, -0.15) is 0 Å². The zero-order chi connectivity index (χ0) is 18.8. The molecule has 0 aromatic carbocycles. The molecule has 1 aromatic heterocycles. The van der Waals surface area contributed by atoms with Crippen molar-refractivity contribution in [1.82, 2.24) is 0 Å². The van der Waals surface area contributed by atoms with Crippen molar-refractivity contribution in [3.63, 3.8) is 0 Å². The maximum atomic E-state index is 10.1. The number of hydrogen-bond acceptors (Lipinski definition) is 4. The Morgan fingerprint density at radius 3 is 1.22 bits per heavy atom. The standard InChI is InChI=1S/C5H5O2P.3C3H4O2/c6-5(7)4-2-1-3-8-4;3*1-2-3(4)5/h1-3,8H,(H,6,7);3*2H,1H2,(H,4,5). The average Bonchev–Trinajstić information content (AvgIpc) is 3.03. The first kappa shape index (κ1) is 24.9. The number of hydrogen-bond donors (Lipinski definition) is 4. The fraction of sp³-hybridized carbons (Fsp3) is 0. The van der Waals surface area contributed by atoms with Crippen LogP contribution >= 0.6 is 8.19 Å². The SMILES string of the molecule is C=CC(=O)O.C=CC(=O)O.C=CC(=O)O.O=C(O)c1ccc[pH]1. The van der Waals surface area contributed by atoms with Gasteiger partial charge >= 0.3 is 23.9 Å². The molecule has 0 aliphatic heterocycles. The van der Waals surface area contributed by atoms with Gasteiger partial charge in [-0.3, -0.25) is 0 Å². The van der Waals surface area contributed by atoms with E-state index in [1.807, 2.05) is 5.80 Å². The third kappa shape index (κ3) is 27.9. The summed E-state index contributed by atoms with van der Waals surface area (Å²) in [6.07, 6.45) is 2.50. The average molecular weight is 344 g/mol. The molecule has 1 rings (SSSR count). The summed E-state index contributed by atoms with van der Waals surface area (Å²) >= 11 is 0. The second-order valence-electron chi connectivity index (χ2n) is 3.02. The van der Waals surface area contributed by atoms with E-state index in [0.717, 1.165) is 18.2 Å². The zero-order valence-corrected chi connectivity index (χ0v) is 13.0. The third-order valence-electron chi connectivity index (χ3n) is 1.35. The summed E-state index contributed by atoms with van der Waals surface area (Å²) < 4.78 is 0. The number of carboxylic acid groups (broad SMARTS) is 4. The van der Waals surface area contributed by atoms with Crippen molar-refractivity contribution in [2.24, 2.45) is 0 Å². The van der Waals surface area contributed by atoms with E-state index in [1.165, 1.54) is 0 Å². The van der Waals surface area contributed by atoms with Crippen LogP contribution in [-0.4, -0.2) is 44.3 Å². The van der Waals surface area contributed by atoms with E-state index in [1.54, 1.807) is 12.1 Å². The Bertz CT molecular complexity index is 488. The van der Waals surface area contributed by atoms with Crippen LogP contribution < -0.4 is 0 Å². The quantitative estimate of drug-likeness (QED) is 0.607. The van der Waals surface area contributed by atoms with E-state index in [-0.39, 0.29) is 0 Å². The molecule has 0 amide bonds. The van der Waals surface area contributed by atoms with E-state index >= 15 is 0 Å². The van der Waals surface area contributed by atoms with Crippen LogP contribution in [0, 0.1) is 0 Å². The summed E-state index contributed by atoms with van der Waals surface area (Å²) in [5.41, 5.74) is 0. The predicted molar refractivity (Wildman–Crippen MR) is 86.4 cm³/mol. The molecule has 1 heterocycles. The first-order chi connectivity index (χ1) is 10.6. The summed E-state index contributed by atoms with van der Waals surface area (Å²) in [5.74, 6) is -1.89. The molecule has 0 aliphatic carbocycles. The smallest absolute Gasteiger partial charge is 0.339 e. The fourth-order valence-electron chi connectivity index (χ4n) is 0.463. The molecule has 126 valence electrons. The Kier molecular flexibility index (Phi) is 18.3. The minimum absolute atomic E-state index is 0.361. The Morgan fingerprint density at radius 1 is 0.826 bits per heavy atom.